The average molecular weight is 483 g/mol. The maximum Gasteiger partial charge on any atom is 0.428 e. The monoisotopic (exact) mass is 483 g/mol. The molecule has 1 atom stereocenters. The molecule has 0 aromatic heterocycles. The van der Waals surface area contributed by atoms with Gasteiger partial charge in [-0.2, -0.15) is 0 Å². The summed E-state index contributed by atoms with van der Waals surface area (Å²) in [6.45, 7) is 9.31. The molecular weight excluding hydrogens is 456 g/mol. The van der Waals surface area contributed by atoms with Crippen LogP contribution in [0.4, 0.5) is 24.1 Å². The van der Waals surface area contributed by atoms with Gasteiger partial charge in [-0.25, -0.2) is 23.4 Å². The first kappa shape index (κ1) is 26.7. The van der Waals surface area contributed by atoms with Gasteiger partial charge < -0.3 is 14.2 Å². The molecule has 0 unspecified atom stereocenters. The van der Waals surface area contributed by atoms with Gasteiger partial charge in [0.05, 0.1) is 4.92 Å². The summed E-state index contributed by atoms with van der Waals surface area (Å²) in [6.07, 6.45) is -1.37. The van der Waals surface area contributed by atoms with Crippen molar-refractivity contribution in [3.63, 3.8) is 0 Å². The number of carbonyl (C=O) groups is 2. The molecule has 2 rings (SSSR count). The number of hydrogen-bond donors (Lipinski definition) is 0. The molecule has 0 fully saturated rings. The highest BCUT2D eigenvalue weighted by Crippen LogP contribution is 2.37. The lowest BCUT2D eigenvalue weighted by Gasteiger charge is -2.33. The third-order valence-electron chi connectivity index (χ3n) is 4.16. The summed E-state index contributed by atoms with van der Waals surface area (Å²) in [7, 11) is 0. The summed E-state index contributed by atoms with van der Waals surface area (Å²) in [4.78, 5) is 40.6. The molecule has 0 bridgehead atoms. The molecule has 2 amide bonds. The van der Waals surface area contributed by atoms with E-state index in [2.05, 4.69) is 4.99 Å². The lowest BCUT2D eigenvalue weighted by molar-refractivity contribution is -0.385. The van der Waals surface area contributed by atoms with E-state index in [1.807, 2.05) is 0 Å². The number of non-ortho nitro benzene ring substituents is 1. The van der Waals surface area contributed by atoms with Crippen molar-refractivity contribution in [1.82, 2.24) is 4.90 Å². The number of allylic oxidation sites excluding steroid dienone is 1. The largest absolute Gasteiger partial charge is 0.443 e. The zero-order chi connectivity index (χ0) is 26.1. The molecule has 0 spiro atoms. The minimum absolute atomic E-state index is 0.0503. The molecule has 0 radical (unpaired) electrons. The first-order valence-corrected chi connectivity index (χ1v) is 10.2. The molecule has 1 heterocycles. The lowest BCUT2D eigenvalue weighted by Crippen LogP contribution is -2.49. The third-order valence-corrected chi connectivity index (χ3v) is 4.16. The average Bonchev–Trinajstić information content (AvgIpc) is 2.64. The highest BCUT2D eigenvalue weighted by atomic mass is 19.1. The molecule has 0 saturated carbocycles. The van der Waals surface area contributed by atoms with E-state index in [9.17, 15) is 28.5 Å². The molecule has 34 heavy (non-hydrogen) atoms. The number of carbonyl (C=O) groups excluding carboxylic acids is 2. The van der Waals surface area contributed by atoms with Gasteiger partial charge >= 0.3 is 18.2 Å². The lowest BCUT2D eigenvalue weighted by atomic mass is 9.89. The number of nitro groups is 1. The topological polar surface area (TPSA) is 121 Å². The molecule has 1 aliphatic rings. The second-order valence-corrected chi connectivity index (χ2v) is 9.53. The van der Waals surface area contributed by atoms with E-state index < -0.39 is 63.6 Å². The van der Waals surface area contributed by atoms with E-state index >= 15 is 0 Å². The van der Waals surface area contributed by atoms with Crippen LogP contribution in [0.25, 0.3) is 0 Å². The smallest absolute Gasteiger partial charge is 0.428 e. The van der Waals surface area contributed by atoms with Crippen LogP contribution in [0.5, 0.6) is 0 Å². The maximum absolute atomic E-state index is 14.7. The Morgan fingerprint density at radius 2 is 1.68 bits per heavy atom. The third kappa shape index (κ3) is 6.27. The van der Waals surface area contributed by atoms with E-state index in [0.717, 1.165) is 24.3 Å². The molecule has 186 valence electrons. The van der Waals surface area contributed by atoms with Crippen LogP contribution < -0.4 is 0 Å². The number of nitro benzene ring substituents is 1. The number of halogens is 2. The number of amidine groups is 1. The second-order valence-electron chi connectivity index (χ2n) is 9.53. The van der Waals surface area contributed by atoms with Crippen molar-refractivity contribution >= 4 is 23.9 Å². The first-order valence-electron chi connectivity index (χ1n) is 10.2. The van der Waals surface area contributed by atoms with Gasteiger partial charge in [0.1, 0.15) is 35.0 Å². The van der Waals surface area contributed by atoms with Gasteiger partial charge in [0, 0.05) is 17.7 Å². The standard InChI is InChI=1S/C22H27F2N3O7/c1-13-11-22(12-23,15-10-14(27(30)31)8-9-16(15)24)25-17(32-13)26(18(28)33-20(2,3)4)19(29)34-21(5,6)7/h8-11H,12H2,1-7H3/t22-/m1/s1. The molecular formula is C22H27F2N3O7. The van der Waals surface area contributed by atoms with Crippen LogP contribution in [-0.4, -0.2) is 45.9 Å². The number of aliphatic imine (C=N–C) groups is 1. The highest BCUT2D eigenvalue weighted by Gasteiger charge is 2.43. The maximum atomic E-state index is 14.7. The van der Waals surface area contributed by atoms with Crippen molar-refractivity contribution in [2.45, 2.75) is 65.2 Å². The zero-order valence-corrected chi connectivity index (χ0v) is 20.0. The summed E-state index contributed by atoms with van der Waals surface area (Å²) >= 11 is 0. The van der Waals surface area contributed by atoms with Gasteiger partial charge in [0.25, 0.3) is 5.69 Å². The van der Waals surface area contributed by atoms with E-state index in [1.54, 1.807) is 41.5 Å². The van der Waals surface area contributed by atoms with Crippen LogP contribution in [0.3, 0.4) is 0 Å². The van der Waals surface area contributed by atoms with Gasteiger partial charge in [-0.05, 0) is 60.6 Å². The van der Waals surface area contributed by atoms with Crippen LogP contribution in [0.15, 0.2) is 35.0 Å². The van der Waals surface area contributed by atoms with Gasteiger partial charge in [-0.15, -0.1) is 4.90 Å². The van der Waals surface area contributed by atoms with Crippen LogP contribution >= 0.6 is 0 Å². The van der Waals surface area contributed by atoms with E-state index in [4.69, 9.17) is 14.2 Å². The van der Waals surface area contributed by atoms with Crippen molar-refractivity contribution in [3.8, 4) is 0 Å². The van der Waals surface area contributed by atoms with Crippen molar-refractivity contribution in [2.75, 3.05) is 6.67 Å². The molecule has 1 aliphatic heterocycles. The van der Waals surface area contributed by atoms with Crippen LogP contribution in [-0.2, 0) is 19.7 Å². The van der Waals surface area contributed by atoms with E-state index in [0.29, 0.717) is 4.90 Å². The molecule has 1 aromatic carbocycles. The molecule has 10 nitrogen and oxygen atoms in total. The van der Waals surface area contributed by atoms with Crippen LogP contribution in [0.2, 0.25) is 0 Å². The fourth-order valence-corrected chi connectivity index (χ4v) is 2.91. The predicted octanol–water partition coefficient (Wildman–Crippen LogP) is 5.36. The molecule has 1 aromatic rings. The van der Waals surface area contributed by atoms with Crippen LogP contribution in [0, 0.1) is 15.9 Å². The SMILES string of the molecule is CC1=C[C@@](CF)(c2cc([N+](=O)[O-])ccc2F)N=C(N(C(=O)OC(C)(C)C)C(=O)OC(C)(C)C)O1. The summed E-state index contributed by atoms with van der Waals surface area (Å²) in [5.74, 6) is -1.04. The number of ether oxygens (including phenoxy) is 3. The Balaban J connectivity index is 2.70. The molecule has 0 aliphatic carbocycles. The van der Waals surface area contributed by atoms with E-state index in [-0.39, 0.29) is 5.76 Å². The van der Waals surface area contributed by atoms with Crippen molar-refractivity contribution in [3.05, 3.63) is 51.5 Å². The quantitative estimate of drug-likeness (QED) is 0.419. The first-order chi connectivity index (χ1) is 15.5. The van der Waals surface area contributed by atoms with Crippen molar-refractivity contribution in [1.29, 1.82) is 0 Å². The van der Waals surface area contributed by atoms with Gasteiger partial charge in [0.15, 0.2) is 0 Å². The number of hydrogen-bond acceptors (Lipinski definition) is 8. The second kappa shape index (κ2) is 9.35. The Morgan fingerprint density at radius 3 is 2.12 bits per heavy atom. The Morgan fingerprint density at radius 1 is 1.15 bits per heavy atom. The summed E-state index contributed by atoms with van der Waals surface area (Å²) in [5, 5.41) is 11.2. The summed E-state index contributed by atoms with van der Waals surface area (Å²) in [5.41, 5.74) is -5.25. The number of amides is 2. The fourth-order valence-electron chi connectivity index (χ4n) is 2.91. The summed E-state index contributed by atoms with van der Waals surface area (Å²) < 4.78 is 45.2. The van der Waals surface area contributed by atoms with Crippen LogP contribution in [0.1, 0.15) is 54.0 Å². The Labute approximate surface area is 195 Å². The van der Waals surface area contributed by atoms with Gasteiger partial charge in [-0.3, -0.25) is 10.1 Å². The Kier molecular flexibility index (Phi) is 7.34. The number of rotatable bonds is 3. The normalized spacial score (nSPS) is 18.3. The fraction of sp³-hybridized carbons (Fsp3) is 0.500. The van der Waals surface area contributed by atoms with Crippen molar-refractivity contribution < 1.29 is 37.5 Å². The minimum atomic E-state index is -2.17. The molecule has 0 N–H and O–H groups in total. The van der Waals surface area contributed by atoms with Gasteiger partial charge in [-0.1, -0.05) is 0 Å². The Bertz CT molecular complexity index is 1030. The minimum Gasteiger partial charge on any atom is -0.443 e. The number of alkyl halides is 1. The summed E-state index contributed by atoms with van der Waals surface area (Å²) in [6, 6.07) is 1.81. The molecule has 12 heteroatoms. The Hall–Kier alpha value is -3.57. The van der Waals surface area contributed by atoms with E-state index in [1.165, 1.54) is 6.92 Å². The number of benzene rings is 1. The molecule has 0 saturated heterocycles. The number of imide groups is 1. The highest BCUT2D eigenvalue weighted by molar-refractivity contribution is 6.06. The zero-order valence-electron chi connectivity index (χ0n) is 20.0. The van der Waals surface area contributed by atoms with Gasteiger partial charge in [0.2, 0.25) is 0 Å². The van der Waals surface area contributed by atoms with Crippen molar-refractivity contribution in [2.24, 2.45) is 4.99 Å². The number of nitrogens with zero attached hydrogens (tertiary/aromatic N) is 3. The predicted molar refractivity (Wildman–Crippen MR) is 117 cm³/mol.